The molecule has 4 heteroatoms. The Morgan fingerprint density at radius 3 is 2.93 bits per heavy atom. The van der Waals surface area contributed by atoms with Crippen molar-refractivity contribution < 1.29 is 9.21 Å². The zero-order valence-electron chi connectivity index (χ0n) is 8.50. The van der Waals surface area contributed by atoms with Gasteiger partial charge in [-0.15, -0.1) is 0 Å². The number of nitrogens with zero attached hydrogens (tertiary/aromatic N) is 1. The van der Waals surface area contributed by atoms with Crippen LogP contribution in [0.3, 0.4) is 0 Å². The van der Waals surface area contributed by atoms with Crippen LogP contribution in [0, 0.1) is 0 Å². The molecule has 3 nitrogen and oxygen atoms in total. The Kier molecular flexibility index (Phi) is 2.95. The second-order valence-corrected chi connectivity index (χ2v) is 4.47. The van der Waals surface area contributed by atoms with Crippen LogP contribution in [0.5, 0.6) is 0 Å². The van der Waals surface area contributed by atoms with E-state index in [0.29, 0.717) is 16.8 Å². The zero-order valence-corrected chi connectivity index (χ0v) is 10.1. The molecule has 0 saturated carbocycles. The third-order valence-electron chi connectivity index (χ3n) is 2.54. The average molecular weight is 270 g/mol. The molecule has 0 bridgehead atoms. The van der Waals surface area contributed by atoms with Gasteiger partial charge < -0.3 is 9.32 Å². The van der Waals surface area contributed by atoms with Gasteiger partial charge >= 0.3 is 0 Å². The highest BCUT2D eigenvalue weighted by atomic mass is 79.9. The Labute approximate surface area is 96.9 Å². The SMILES string of the molecule is CC1=CCN(C(=O)c2coc(Br)c2)CC1. The fourth-order valence-electron chi connectivity index (χ4n) is 1.56. The van der Waals surface area contributed by atoms with Gasteiger partial charge in [-0.25, -0.2) is 0 Å². The van der Waals surface area contributed by atoms with Crippen molar-refractivity contribution in [2.24, 2.45) is 0 Å². The predicted molar refractivity (Wildman–Crippen MR) is 60.7 cm³/mol. The van der Waals surface area contributed by atoms with Crippen molar-refractivity contribution in [2.75, 3.05) is 13.1 Å². The number of halogens is 1. The molecule has 0 unspecified atom stereocenters. The highest BCUT2D eigenvalue weighted by molar-refractivity contribution is 9.10. The van der Waals surface area contributed by atoms with Crippen molar-refractivity contribution in [3.63, 3.8) is 0 Å². The van der Waals surface area contributed by atoms with Gasteiger partial charge in [0.15, 0.2) is 4.67 Å². The van der Waals surface area contributed by atoms with Crippen LogP contribution in [0.15, 0.2) is 33.1 Å². The first-order valence-electron chi connectivity index (χ1n) is 4.86. The molecule has 1 aromatic heterocycles. The van der Waals surface area contributed by atoms with Gasteiger partial charge in [0.1, 0.15) is 6.26 Å². The largest absolute Gasteiger partial charge is 0.457 e. The van der Waals surface area contributed by atoms with Gasteiger partial charge in [-0.2, -0.15) is 0 Å². The predicted octanol–water partition coefficient (Wildman–Crippen LogP) is 2.83. The normalized spacial score (nSPS) is 16.4. The molecule has 1 aliphatic heterocycles. The van der Waals surface area contributed by atoms with Crippen LogP contribution in [-0.4, -0.2) is 23.9 Å². The van der Waals surface area contributed by atoms with E-state index in [2.05, 4.69) is 28.9 Å². The number of hydrogen-bond donors (Lipinski definition) is 0. The minimum atomic E-state index is 0.0354. The monoisotopic (exact) mass is 269 g/mol. The second-order valence-electron chi connectivity index (χ2n) is 3.69. The minimum Gasteiger partial charge on any atom is -0.457 e. The van der Waals surface area contributed by atoms with E-state index in [1.54, 1.807) is 6.07 Å². The molecule has 2 rings (SSSR count). The lowest BCUT2D eigenvalue weighted by Gasteiger charge is -2.24. The maximum absolute atomic E-state index is 11.9. The molecular formula is C11H12BrNO2. The molecule has 0 spiro atoms. The first-order chi connectivity index (χ1) is 7.16. The van der Waals surface area contributed by atoms with E-state index in [9.17, 15) is 4.79 Å². The Balaban J connectivity index is 2.09. The minimum absolute atomic E-state index is 0.0354. The van der Waals surface area contributed by atoms with Gasteiger partial charge in [-0.3, -0.25) is 4.79 Å². The van der Waals surface area contributed by atoms with E-state index in [1.165, 1.54) is 11.8 Å². The summed E-state index contributed by atoms with van der Waals surface area (Å²) in [6, 6.07) is 1.70. The summed E-state index contributed by atoms with van der Waals surface area (Å²) < 4.78 is 5.64. The molecule has 1 aromatic rings. The lowest BCUT2D eigenvalue weighted by Crippen LogP contribution is -2.34. The lowest BCUT2D eigenvalue weighted by molar-refractivity contribution is 0.0768. The molecule has 80 valence electrons. The van der Waals surface area contributed by atoms with Crippen LogP contribution in [0.4, 0.5) is 0 Å². The van der Waals surface area contributed by atoms with Crippen molar-refractivity contribution in [1.29, 1.82) is 0 Å². The summed E-state index contributed by atoms with van der Waals surface area (Å²) in [5.74, 6) is 0.0354. The molecule has 0 N–H and O–H groups in total. The standard InChI is InChI=1S/C11H12BrNO2/c1-8-2-4-13(5-3-8)11(14)9-6-10(12)15-7-9/h2,6-7H,3-5H2,1H3. The lowest BCUT2D eigenvalue weighted by atomic mass is 10.1. The van der Waals surface area contributed by atoms with Crippen LogP contribution < -0.4 is 0 Å². The molecule has 1 aliphatic rings. The molecule has 0 atom stereocenters. The first kappa shape index (κ1) is 10.5. The van der Waals surface area contributed by atoms with Crippen LogP contribution >= 0.6 is 15.9 Å². The summed E-state index contributed by atoms with van der Waals surface area (Å²) in [6.45, 7) is 3.59. The fourth-order valence-corrected chi connectivity index (χ4v) is 1.90. The molecule has 0 fully saturated rings. The van der Waals surface area contributed by atoms with Gasteiger partial charge in [-0.05, 0) is 29.3 Å². The summed E-state index contributed by atoms with van der Waals surface area (Å²) in [7, 11) is 0. The number of carbonyl (C=O) groups is 1. The highest BCUT2D eigenvalue weighted by Gasteiger charge is 2.18. The number of amides is 1. The van der Waals surface area contributed by atoms with Gasteiger partial charge in [0.2, 0.25) is 0 Å². The van der Waals surface area contributed by atoms with Gasteiger partial charge in [-0.1, -0.05) is 11.6 Å². The van der Waals surface area contributed by atoms with E-state index >= 15 is 0 Å². The zero-order chi connectivity index (χ0) is 10.8. The molecule has 1 amide bonds. The van der Waals surface area contributed by atoms with Crippen LogP contribution in [0.1, 0.15) is 23.7 Å². The van der Waals surface area contributed by atoms with Gasteiger partial charge in [0.05, 0.1) is 5.56 Å². The topological polar surface area (TPSA) is 33.5 Å². The quantitative estimate of drug-likeness (QED) is 0.735. The smallest absolute Gasteiger partial charge is 0.257 e. The summed E-state index contributed by atoms with van der Waals surface area (Å²) >= 11 is 3.18. The second kappa shape index (κ2) is 4.23. The maximum Gasteiger partial charge on any atom is 0.257 e. The Hall–Kier alpha value is -1.03. The summed E-state index contributed by atoms with van der Waals surface area (Å²) in [4.78, 5) is 13.8. The van der Waals surface area contributed by atoms with Gasteiger partial charge in [0.25, 0.3) is 5.91 Å². The number of carbonyl (C=O) groups excluding carboxylic acids is 1. The van der Waals surface area contributed by atoms with Crippen LogP contribution in [0.2, 0.25) is 0 Å². The maximum atomic E-state index is 11.9. The molecular weight excluding hydrogens is 258 g/mol. The number of rotatable bonds is 1. The van der Waals surface area contributed by atoms with Crippen molar-refractivity contribution in [3.8, 4) is 0 Å². The highest BCUT2D eigenvalue weighted by Crippen LogP contribution is 2.18. The first-order valence-corrected chi connectivity index (χ1v) is 5.65. The van der Waals surface area contributed by atoms with E-state index in [0.717, 1.165) is 13.0 Å². The Bertz CT molecular complexity index is 408. The molecule has 0 radical (unpaired) electrons. The summed E-state index contributed by atoms with van der Waals surface area (Å²) in [5.41, 5.74) is 1.96. The van der Waals surface area contributed by atoms with Crippen molar-refractivity contribution in [2.45, 2.75) is 13.3 Å². The molecule has 0 aliphatic carbocycles. The third-order valence-corrected chi connectivity index (χ3v) is 2.95. The molecule has 15 heavy (non-hydrogen) atoms. The third kappa shape index (κ3) is 2.31. The van der Waals surface area contributed by atoms with E-state index in [4.69, 9.17) is 4.42 Å². The van der Waals surface area contributed by atoms with E-state index in [1.807, 2.05) is 4.90 Å². The molecule has 2 heterocycles. The van der Waals surface area contributed by atoms with Crippen LogP contribution in [0.25, 0.3) is 0 Å². The van der Waals surface area contributed by atoms with Crippen molar-refractivity contribution in [3.05, 3.63) is 34.2 Å². The number of furan rings is 1. The van der Waals surface area contributed by atoms with E-state index < -0.39 is 0 Å². The Morgan fingerprint density at radius 1 is 1.60 bits per heavy atom. The molecule has 0 saturated heterocycles. The van der Waals surface area contributed by atoms with E-state index in [-0.39, 0.29) is 5.91 Å². The van der Waals surface area contributed by atoms with Gasteiger partial charge in [0, 0.05) is 19.2 Å². The summed E-state index contributed by atoms with van der Waals surface area (Å²) in [6.07, 6.45) is 4.54. The van der Waals surface area contributed by atoms with Crippen molar-refractivity contribution in [1.82, 2.24) is 4.90 Å². The number of hydrogen-bond acceptors (Lipinski definition) is 2. The van der Waals surface area contributed by atoms with Crippen molar-refractivity contribution >= 4 is 21.8 Å². The average Bonchev–Trinajstić information content (AvgIpc) is 2.65. The molecule has 0 aromatic carbocycles. The Morgan fingerprint density at radius 2 is 2.40 bits per heavy atom. The fraction of sp³-hybridized carbons (Fsp3) is 0.364. The summed E-state index contributed by atoms with van der Waals surface area (Å²) in [5, 5.41) is 0. The van der Waals surface area contributed by atoms with Crippen LogP contribution in [-0.2, 0) is 0 Å².